The van der Waals surface area contributed by atoms with Crippen LogP contribution < -0.4 is 5.73 Å². The van der Waals surface area contributed by atoms with Gasteiger partial charge in [-0.15, -0.1) is 0 Å². The van der Waals surface area contributed by atoms with Gasteiger partial charge in [-0.1, -0.05) is 11.6 Å². The van der Waals surface area contributed by atoms with E-state index in [4.69, 9.17) is 22.1 Å². The standard InChI is InChI=1S/C11H16ClN3O3/c1-15(5-7(16)6-18-2)11(17)8-3-10(13)14-4-9(8)12/h3-4,7,16H,5-6H2,1-2H3,(H2,13,14). The summed E-state index contributed by atoms with van der Waals surface area (Å²) in [5.74, 6) is -0.113. The van der Waals surface area contributed by atoms with E-state index in [0.717, 1.165) is 0 Å². The first-order valence-electron chi connectivity index (χ1n) is 5.29. The van der Waals surface area contributed by atoms with Gasteiger partial charge < -0.3 is 20.5 Å². The van der Waals surface area contributed by atoms with Crippen LogP contribution in [0.4, 0.5) is 5.82 Å². The van der Waals surface area contributed by atoms with E-state index in [1.54, 1.807) is 7.05 Å². The summed E-state index contributed by atoms with van der Waals surface area (Å²) in [5, 5.41) is 9.77. The van der Waals surface area contributed by atoms with Gasteiger partial charge in [-0.25, -0.2) is 4.98 Å². The average Bonchev–Trinajstić information content (AvgIpc) is 2.31. The fourth-order valence-corrected chi connectivity index (χ4v) is 1.65. The number of hydrogen-bond donors (Lipinski definition) is 2. The van der Waals surface area contributed by atoms with Gasteiger partial charge >= 0.3 is 0 Å². The number of nitrogens with zero attached hydrogens (tertiary/aromatic N) is 2. The Bertz CT molecular complexity index is 428. The van der Waals surface area contributed by atoms with Gasteiger partial charge in [0, 0.05) is 26.9 Å². The number of carbonyl (C=O) groups is 1. The van der Waals surface area contributed by atoms with Crippen molar-refractivity contribution in [2.24, 2.45) is 0 Å². The second-order valence-electron chi connectivity index (χ2n) is 3.88. The van der Waals surface area contributed by atoms with Crippen molar-refractivity contribution >= 4 is 23.3 Å². The summed E-state index contributed by atoms with van der Waals surface area (Å²) in [6.07, 6.45) is 0.575. The molecule has 3 N–H and O–H groups in total. The number of anilines is 1. The highest BCUT2D eigenvalue weighted by Gasteiger charge is 2.18. The maximum atomic E-state index is 12.1. The third kappa shape index (κ3) is 3.83. The summed E-state index contributed by atoms with van der Waals surface area (Å²) in [5.41, 5.74) is 5.76. The number of pyridine rings is 1. The first-order chi connectivity index (χ1) is 8.45. The van der Waals surface area contributed by atoms with Crippen LogP contribution in [-0.4, -0.2) is 54.3 Å². The molecule has 0 fully saturated rings. The highest BCUT2D eigenvalue weighted by molar-refractivity contribution is 6.33. The Kier molecular flexibility index (Phi) is 5.33. The molecule has 0 aliphatic heterocycles. The molecule has 0 aliphatic rings. The number of rotatable bonds is 5. The first-order valence-corrected chi connectivity index (χ1v) is 5.67. The normalized spacial score (nSPS) is 12.2. The molecule has 1 amide bonds. The molecule has 1 aromatic rings. The number of likely N-dealkylation sites (N-methyl/N-ethyl adjacent to an activating group) is 1. The lowest BCUT2D eigenvalue weighted by molar-refractivity contribution is 0.0380. The smallest absolute Gasteiger partial charge is 0.255 e. The Morgan fingerprint density at radius 2 is 2.39 bits per heavy atom. The molecule has 0 radical (unpaired) electrons. The quantitative estimate of drug-likeness (QED) is 0.810. The van der Waals surface area contributed by atoms with Gasteiger partial charge in [0.05, 0.1) is 23.3 Å². The summed E-state index contributed by atoms with van der Waals surface area (Å²) in [6, 6.07) is 1.41. The van der Waals surface area contributed by atoms with Crippen molar-refractivity contribution in [1.82, 2.24) is 9.88 Å². The first kappa shape index (κ1) is 14.7. The number of aliphatic hydroxyl groups excluding tert-OH is 1. The summed E-state index contributed by atoms with van der Waals surface area (Å²) >= 11 is 5.88. The Morgan fingerprint density at radius 1 is 1.72 bits per heavy atom. The van der Waals surface area contributed by atoms with E-state index in [2.05, 4.69) is 4.98 Å². The highest BCUT2D eigenvalue weighted by atomic mass is 35.5. The summed E-state index contributed by atoms with van der Waals surface area (Å²) in [4.78, 5) is 17.2. The number of methoxy groups -OCH3 is 1. The van der Waals surface area contributed by atoms with E-state index in [1.807, 2.05) is 0 Å². The lowest BCUT2D eigenvalue weighted by Crippen LogP contribution is -2.36. The molecule has 1 heterocycles. The van der Waals surface area contributed by atoms with Crippen LogP contribution in [0.15, 0.2) is 12.3 Å². The predicted molar refractivity (Wildman–Crippen MR) is 68.5 cm³/mol. The van der Waals surface area contributed by atoms with Crippen LogP contribution in [0, 0.1) is 0 Å². The SMILES string of the molecule is COCC(O)CN(C)C(=O)c1cc(N)ncc1Cl. The van der Waals surface area contributed by atoms with Crippen LogP contribution in [0.2, 0.25) is 5.02 Å². The molecule has 6 nitrogen and oxygen atoms in total. The molecule has 1 atom stereocenters. The third-order valence-electron chi connectivity index (χ3n) is 2.30. The van der Waals surface area contributed by atoms with E-state index in [-0.39, 0.29) is 35.5 Å². The monoisotopic (exact) mass is 273 g/mol. The lowest BCUT2D eigenvalue weighted by Gasteiger charge is -2.21. The minimum Gasteiger partial charge on any atom is -0.389 e. The molecule has 1 aromatic heterocycles. The number of aromatic nitrogens is 1. The zero-order chi connectivity index (χ0) is 13.7. The molecule has 100 valence electrons. The third-order valence-corrected chi connectivity index (χ3v) is 2.60. The molecule has 0 aliphatic carbocycles. The molecule has 0 spiro atoms. The van der Waals surface area contributed by atoms with Gasteiger partial charge in [-0.3, -0.25) is 4.79 Å². The Hall–Kier alpha value is -1.37. The minimum atomic E-state index is -0.748. The molecule has 18 heavy (non-hydrogen) atoms. The van der Waals surface area contributed by atoms with Crippen LogP contribution in [0.5, 0.6) is 0 Å². The lowest BCUT2D eigenvalue weighted by atomic mass is 10.2. The van der Waals surface area contributed by atoms with Crippen molar-refractivity contribution in [2.75, 3.05) is 33.0 Å². The van der Waals surface area contributed by atoms with Crippen molar-refractivity contribution in [3.05, 3.63) is 22.8 Å². The Morgan fingerprint density at radius 3 is 3.00 bits per heavy atom. The van der Waals surface area contributed by atoms with Gasteiger partial charge in [0.1, 0.15) is 5.82 Å². The summed E-state index contributed by atoms with van der Waals surface area (Å²) in [6.45, 7) is 0.301. The van der Waals surface area contributed by atoms with Crippen molar-refractivity contribution < 1.29 is 14.6 Å². The molecule has 7 heteroatoms. The van der Waals surface area contributed by atoms with E-state index >= 15 is 0 Å². The number of aliphatic hydroxyl groups is 1. The number of nitrogen functional groups attached to an aromatic ring is 1. The summed E-state index contributed by atoms with van der Waals surface area (Å²) in [7, 11) is 3.04. The number of carbonyl (C=O) groups excluding carboxylic acids is 1. The fourth-order valence-electron chi connectivity index (χ4n) is 1.47. The number of amides is 1. The fraction of sp³-hybridized carbons (Fsp3) is 0.455. The Balaban J connectivity index is 2.77. The van der Waals surface area contributed by atoms with Crippen LogP contribution in [-0.2, 0) is 4.74 Å². The van der Waals surface area contributed by atoms with E-state index in [1.165, 1.54) is 24.3 Å². The largest absolute Gasteiger partial charge is 0.389 e. The van der Waals surface area contributed by atoms with Gasteiger partial charge in [0.15, 0.2) is 0 Å². The zero-order valence-corrected chi connectivity index (χ0v) is 11.0. The molecule has 0 aromatic carbocycles. The van der Waals surface area contributed by atoms with Crippen molar-refractivity contribution in [3.63, 3.8) is 0 Å². The molecule has 1 unspecified atom stereocenters. The number of halogens is 1. The van der Waals surface area contributed by atoms with E-state index in [9.17, 15) is 9.90 Å². The molecular weight excluding hydrogens is 258 g/mol. The second kappa shape index (κ2) is 6.53. The van der Waals surface area contributed by atoms with Crippen molar-refractivity contribution in [2.45, 2.75) is 6.10 Å². The maximum Gasteiger partial charge on any atom is 0.255 e. The second-order valence-corrected chi connectivity index (χ2v) is 4.29. The predicted octanol–water partition coefficient (Wildman–Crippen LogP) is 0.397. The van der Waals surface area contributed by atoms with Gasteiger partial charge in [-0.2, -0.15) is 0 Å². The van der Waals surface area contributed by atoms with Gasteiger partial charge in [0.2, 0.25) is 0 Å². The van der Waals surface area contributed by atoms with Crippen molar-refractivity contribution in [3.8, 4) is 0 Å². The molecule has 0 saturated carbocycles. The van der Waals surface area contributed by atoms with E-state index < -0.39 is 6.10 Å². The van der Waals surface area contributed by atoms with Gasteiger partial charge in [-0.05, 0) is 6.07 Å². The summed E-state index contributed by atoms with van der Waals surface area (Å²) < 4.78 is 4.79. The number of hydrogen-bond acceptors (Lipinski definition) is 5. The maximum absolute atomic E-state index is 12.1. The van der Waals surface area contributed by atoms with Gasteiger partial charge in [0.25, 0.3) is 5.91 Å². The molecule has 0 bridgehead atoms. The molecule has 0 saturated heterocycles. The average molecular weight is 274 g/mol. The molecular formula is C11H16ClN3O3. The zero-order valence-electron chi connectivity index (χ0n) is 10.3. The van der Waals surface area contributed by atoms with Crippen LogP contribution in [0.1, 0.15) is 10.4 Å². The van der Waals surface area contributed by atoms with Crippen LogP contribution >= 0.6 is 11.6 Å². The molecule has 1 rings (SSSR count). The van der Waals surface area contributed by atoms with E-state index in [0.29, 0.717) is 0 Å². The Labute approximate surface area is 110 Å². The highest BCUT2D eigenvalue weighted by Crippen LogP contribution is 2.18. The topological polar surface area (TPSA) is 88.7 Å². The minimum absolute atomic E-state index is 0.144. The van der Waals surface area contributed by atoms with Crippen molar-refractivity contribution in [1.29, 1.82) is 0 Å². The number of nitrogens with two attached hydrogens (primary N) is 1. The number of ether oxygens (including phenoxy) is 1. The van der Waals surface area contributed by atoms with Crippen LogP contribution in [0.3, 0.4) is 0 Å². The van der Waals surface area contributed by atoms with Crippen LogP contribution in [0.25, 0.3) is 0 Å².